The Morgan fingerprint density at radius 1 is 0.309 bits per heavy atom. The third kappa shape index (κ3) is 66.8. The van der Waals surface area contributed by atoms with Gasteiger partial charge in [0.2, 0.25) is 0 Å². The number of phosphoric acid groups is 2. The van der Waals surface area contributed by atoms with Gasteiger partial charge < -0.3 is 33.8 Å². The maximum atomic E-state index is 13.0. The molecule has 0 aromatic heterocycles. The zero-order chi connectivity index (χ0) is 69.0. The minimum Gasteiger partial charge on any atom is -0.462 e. The molecule has 3 N–H and O–H groups in total. The van der Waals surface area contributed by atoms with Crippen molar-refractivity contribution >= 4 is 39.5 Å². The molecule has 0 aromatic carbocycles. The van der Waals surface area contributed by atoms with Crippen LogP contribution in [0.15, 0.2) is 85.1 Å². The average molecular weight is 1370 g/mol. The molecule has 0 heterocycles. The molecular weight excluding hydrogens is 1230 g/mol. The highest BCUT2D eigenvalue weighted by Gasteiger charge is 2.30. The summed E-state index contributed by atoms with van der Waals surface area (Å²) in [7, 11) is -9.95. The van der Waals surface area contributed by atoms with E-state index in [1.807, 2.05) is 12.2 Å². The van der Waals surface area contributed by atoms with Gasteiger partial charge in [-0.15, -0.1) is 0 Å². The molecule has 0 aliphatic rings. The van der Waals surface area contributed by atoms with Crippen LogP contribution in [0.3, 0.4) is 0 Å². The highest BCUT2D eigenvalue weighted by Crippen LogP contribution is 2.45. The molecule has 0 bridgehead atoms. The molecule has 0 spiro atoms. The third-order valence-corrected chi connectivity index (χ3v) is 17.2. The summed E-state index contributed by atoms with van der Waals surface area (Å²) in [5.41, 5.74) is 0. The molecule has 17 nitrogen and oxygen atoms in total. The lowest BCUT2D eigenvalue weighted by atomic mass is 10.0. The number of rotatable bonds is 69. The number of carbonyl (C=O) groups is 4. The first kappa shape index (κ1) is 90.2. The zero-order valence-corrected chi connectivity index (χ0v) is 60.9. The van der Waals surface area contributed by atoms with Crippen molar-refractivity contribution < 1.29 is 80.2 Å². The molecule has 0 radical (unpaired) electrons. The van der Waals surface area contributed by atoms with E-state index in [4.69, 9.17) is 37.0 Å². The van der Waals surface area contributed by atoms with E-state index in [1.165, 1.54) is 89.9 Å². The van der Waals surface area contributed by atoms with Crippen LogP contribution < -0.4 is 0 Å². The molecule has 0 aliphatic heterocycles. The predicted molar refractivity (Wildman–Crippen MR) is 381 cm³/mol. The second-order valence-electron chi connectivity index (χ2n) is 24.5. The number of aliphatic hydroxyl groups is 1. The van der Waals surface area contributed by atoms with Crippen LogP contribution in [0.4, 0.5) is 0 Å². The average Bonchev–Trinajstić information content (AvgIpc) is 2.15. The SMILES string of the molecule is CC/C=C\C/C=C\C/C=C\C/C=C\C/C=C\CCCC(=O)OCC(COP(=O)(O)OCC(O)COP(=O)(O)OCC(COC(=O)CCCCCCC/C=C\CCCCCC)OC(=O)CCCCCCC/C=C\CCCC)OC(=O)CCCCCCCCCCCCCCC. The second-order valence-corrected chi connectivity index (χ2v) is 27.4. The Hall–Kier alpha value is -3.76. The van der Waals surface area contributed by atoms with Crippen molar-refractivity contribution in [1.82, 2.24) is 0 Å². The fraction of sp³-hybridized carbons (Fsp3) is 0.760. The summed E-state index contributed by atoms with van der Waals surface area (Å²) in [6, 6.07) is 0. The molecule has 0 fully saturated rings. The topological polar surface area (TPSA) is 237 Å². The molecule has 0 aliphatic carbocycles. The van der Waals surface area contributed by atoms with E-state index in [0.29, 0.717) is 32.1 Å². The van der Waals surface area contributed by atoms with Crippen LogP contribution in [-0.4, -0.2) is 96.7 Å². The number of hydrogen-bond acceptors (Lipinski definition) is 15. The van der Waals surface area contributed by atoms with E-state index in [2.05, 4.69) is 101 Å². The van der Waals surface area contributed by atoms with Crippen molar-refractivity contribution in [2.24, 2.45) is 0 Å². The number of phosphoric ester groups is 2. The fourth-order valence-electron chi connectivity index (χ4n) is 9.70. The fourth-order valence-corrected chi connectivity index (χ4v) is 11.3. The van der Waals surface area contributed by atoms with Gasteiger partial charge in [0.25, 0.3) is 0 Å². The molecule has 0 aromatic rings. The zero-order valence-electron chi connectivity index (χ0n) is 59.1. The standard InChI is InChI=1S/C75H132O17P2/c1-5-9-13-17-21-25-29-32-33-34-35-38-41-44-48-52-56-60-73(78)86-66-71(92-75(80)62-58-54-50-46-42-37-31-27-23-19-15-11-7-3)68-90-94(83,84)88-64-69(76)63-87-93(81,82)89-67-70(91-74(79)61-57-53-49-45-39-28-24-20-16-12-8-4)65-85-72(77)59-55-51-47-43-40-36-30-26-22-18-14-10-6-2/h9,13,20-21,24-26,30,32-33,35,38,44,48,69-71,76H,5-8,10-12,14-19,22-23,27-29,31,34,36-37,39-43,45-47,49-68H2,1-4H3,(H,81,82)(H,83,84)/b13-9-,24-20-,25-21-,30-26-,33-32-,38-35-,48-44-. The lowest BCUT2D eigenvalue weighted by molar-refractivity contribution is -0.161. The van der Waals surface area contributed by atoms with Crippen LogP contribution in [-0.2, 0) is 65.4 Å². The maximum absolute atomic E-state index is 13.0. The van der Waals surface area contributed by atoms with Crippen LogP contribution in [0.1, 0.15) is 310 Å². The van der Waals surface area contributed by atoms with Gasteiger partial charge in [-0.1, -0.05) is 260 Å². The van der Waals surface area contributed by atoms with Crippen molar-refractivity contribution in [2.75, 3.05) is 39.6 Å². The molecule has 544 valence electrons. The number of ether oxygens (including phenoxy) is 4. The summed E-state index contributed by atoms with van der Waals surface area (Å²) >= 11 is 0. The van der Waals surface area contributed by atoms with Gasteiger partial charge in [0, 0.05) is 25.7 Å². The number of aliphatic hydroxyl groups excluding tert-OH is 1. The molecule has 19 heteroatoms. The van der Waals surface area contributed by atoms with Gasteiger partial charge in [-0.25, -0.2) is 9.13 Å². The summed E-state index contributed by atoms with van der Waals surface area (Å²) in [5, 5.41) is 10.6. The van der Waals surface area contributed by atoms with Gasteiger partial charge in [0.15, 0.2) is 12.2 Å². The lowest BCUT2D eigenvalue weighted by Crippen LogP contribution is -2.30. The van der Waals surface area contributed by atoms with Gasteiger partial charge in [0.05, 0.1) is 26.4 Å². The quantitative estimate of drug-likeness (QED) is 0.0169. The number of hydrogen-bond donors (Lipinski definition) is 3. The Balaban J connectivity index is 5.36. The smallest absolute Gasteiger partial charge is 0.462 e. The molecule has 0 rings (SSSR count). The van der Waals surface area contributed by atoms with Crippen LogP contribution in [0.25, 0.3) is 0 Å². The monoisotopic (exact) mass is 1370 g/mol. The minimum absolute atomic E-state index is 0.0836. The van der Waals surface area contributed by atoms with E-state index in [-0.39, 0.29) is 25.7 Å². The Morgan fingerprint density at radius 3 is 0.947 bits per heavy atom. The first-order valence-corrected chi connectivity index (χ1v) is 39.8. The van der Waals surface area contributed by atoms with Gasteiger partial charge >= 0.3 is 39.5 Å². The Morgan fingerprint density at radius 2 is 0.574 bits per heavy atom. The van der Waals surface area contributed by atoms with Crippen LogP contribution >= 0.6 is 15.6 Å². The number of esters is 4. The first-order chi connectivity index (χ1) is 45.7. The largest absolute Gasteiger partial charge is 0.472 e. The first-order valence-electron chi connectivity index (χ1n) is 36.8. The van der Waals surface area contributed by atoms with Gasteiger partial charge in [0.1, 0.15) is 19.3 Å². The Kier molecular flexibility index (Phi) is 65.1. The van der Waals surface area contributed by atoms with E-state index in [1.54, 1.807) is 0 Å². The molecule has 5 unspecified atom stereocenters. The normalized spacial score (nSPS) is 14.5. The maximum Gasteiger partial charge on any atom is 0.472 e. The number of carbonyl (C=O) groups excluding carboxylic acids is 4. The summed E-state index contributed by atoms with van der Waals surface area (Å²) in [6.07, 6.45) is 67.4. The molecule has 0 saturated heterocycles. The van der Waals surface area contributed by atoms with Crippen molar-refractivity contribution in [3.8, 4) is 0 Å². The minimum atomic E-state index is -4.98. The molecule has 5 atom stereocenters. The molecular formula is C75H132O17P2. The lowest BCUT2D eigenvalue weighted by Gasteiger charge is -2.21. The summed E-state index contributed by atoms with van der Waals surface area (Å²) in [5.74, 6) is -2.25. The second kappa shape index (κ2) is 67.8. The van der Waals surface area contributed by atoms with Crippen LogP contribution in [0.2, 0.25) is 0 Å². The van der Waals surface area contributed by atoms with Crippen molar-refractivity contribution in [1.29, 1.82) is 0 Å². The van der Waals surface area contributed by atoms with Gasteiger partial charge in [-0.05, 0) is 109 Å². The van der Waals surface area contributed by atoms with E-state index >= 15 is 0 Å². The van der Waals surface area contributed by atoms with Gasteiger partial charge in [-0.3, -0.25) is 37.3 Å². The van der Waals surface area contributed by atoms with E-state index in [0.717, 1.165) is 135 Å². The Labute approximate surface area is 570 Å². The predicted octanol–water partition coefficient (Wildman–Crippen LogP) is 20.7. The highest BCUT2D eigenvalue weighted by molar-refractivity contribution is 7.47. The summed E-state index contributed by atoms with van der Waals surface area (Å²) < 4.78 is 68.2. The highest BCUT2D eigenvalue weighted by atomic mass is 31.2. The summed E-state index contributed by atoms with van der Waals surface area (Å²) in [4.78, 5) is 72.6. The Bertz CT molecular complexity index is 2120. The summed E-state index contributed by atoms with van der Waals surface area (Å²) in [6.45, 7) is 4.63. The molecule has 0 amide bonds. The van der Waals surface area contributed by atoms with Crippen molar-refractivity contribution in [2.45, 2.75) is 329 Å². The van der Waals surface area contributed by atoms with E-state index in [9.17, 15) is 43.2 Å². The third-order valence-electron chi connectivity index (χ3n) is 15.3. The van der Waals surface area contributed by atoms with E-state index < -0.39 is 97.5 Å². The number of unbranched alkanes of at least 4 members (excludes halogenated alkanes) is 29. The van der Waals surface area contributed by atoms with Crippen LogP contribution in [0.5, 0.6) is 0 Å². The number of allylic oxidation sites excluding steroid dienone is 14. The van der Waals surface area contributed by atoms with Crippen molar-refractivity contribution in [3.05, 3.63) is 85.1 Å². The van der Waals surface area contributed by atoms with Crippen molar-refractivity contribution in [3.63, 3.8) is 0 Å². The molecule has 0 saturated carbocycles. The van der Waals surface area contributed by atoms with Gasteiger partial charge in [-0.2, -0.15) is 0 Å². The molecule has 94 heavy (non-hydrogen) atoms. The van der Waals surface area contributed by atoms with Crippen LogP contribution in [0, 0.1) is 0 Å².